The zero-order chi connectivity index (χ0) is 14.3. The lowest BCUT2D eigenvalue weighted by atomic mass is 10.2. The van der Waals surface area contributed by atoms with Crippen LogP contribution in [-0.4, -0.2) is 47.1 Å². The average Bonchev–Trinajstić information content (AvgIpc) is 2.85. The van der Waals surface area contributed by atoms with Crippen molar-refractivity contribution in [1.29, 1.82) is 0 Å². The van der Waals surface area contributed by atoms with Crippen molar-refractivity contribution in [3.05, 3.63) is 11.1 Å². The standard InChI is InChI=1S/C12H22N4O2S/c1-3-6-16(4-2)7-5-14-12-15-9(8-19-12)10(13)11(17)18/h8,10H,3-7,13H2,1-2H3,(H,14,15)(H,17,18). The number of thiazole rings is 1. The maximum atomic E-state index is 10.7. The lowest BCUT2D eigenvalue weighted by Gasteiger charge is -2.19. The van der Waals surface area contributed by atoms with Crippen molar-refractivity contribution in [3.63, 3.8) is 0 Å². The van der Waals surface area contributed by atoms with Crippen LogP contribution in [0.4, 0.5) is 5.13 Å². The highest BCUT2D eigenvalue weighted by molar-refractivity contribution is 7.13. The number of carboxylic acids is 1. The van der Waals surface area contributed by atoms with Crippen LogP contribution in [0.5, 0.6) is 0 Å². The molecule has 0 radical (unpaired) electrons. The quantitative estimate of drug-likeness (QED) is 0.635. The highest BCUT2D eigenvalue weighted by atomic mass is 32.1. The molecule has 7 heteroatoms. The number of nitrogens with zero attached hydrogens (tertiary/aromatic N) is 2. The molecule has 0 aliphatic heterocycles. The van der Waals surface area contributed by atoms with Gasteiger partial charge in [-0.1, -0.05) is 13.8 Å². The third-order valence-corrected chi connectivity index (χ3v) is 3.62. The minimum atomic E-state index is -1.06. The molecule has 4 N–H and O–H groups in total. The monoisotopic (exact) mass is 286 g/mol. The predicted octanol–water partition coefficient (Wildman–Crippen LogP) is 1.37. The number of carbonyl (C=O) groups is 1. The molecule has 1 aromatic rings. The van der Waals surface area contributed by atoms with Gasteiger partial charge in [0.15, 0.2) is 5.13 Å². The van der Waals surface area contributed by atoms with Crippen LogP contribution in [0.2, 0.25) is 0 Å². The number of likely N-dealkylation sites (N-methyl/N-ethyl adjacent to an activating group) is 1. The molecule has 108 valence electrons. The van der Waals surface area contributed by atoms with Gasteiger partial charge in [0.2, 0.25) is 0 Å². The van der Waals surface area contributed by atoms with E-state index in [1.165, 1.54) is 11.3 Å². The molecule has 0 bridgehead atoms. The lowest BCUT2D eigenvalue weighted by molar-refractivity contribution is -0.138. The maximum Gasteiger partial charge on any atom is 0.326 e. The molecule has 0 amide bonds. The van der Waals surface area contributed by atoms with Gasteiger partial charge in [-0.25, -0.2) is 4.98 Å². The Labute approximate surface area is 117 Å². The van der Waals surface area contributed by atoms with Gasteiger partial charge in [-0.2, -0.15) is 0 Å². The Hall–Kier alpha value is -1.18. The number of nitrogens with two attached hydrogens (primary N) is 1. The van der Waals surface area contributed by atoms with Gasteiger partial charge in [0, 0.05) is 18.5 Å². The summed E-state index contributed by atoms with van der Waals surface area (Å²) in [6.45, 7) is 8.17. The molecule has 1 unspecified atom stereocenters. The van der Waals surface area contributed by atoms with Crippen molar-refractivity contribution < 1.29 is 9.90 Å². The third-order valence-electron chi connectivity index (χ3n) is 2.80. The molecule has 1 atom stereocenters. The fourth-order valence-electron chi connectivity index (χ4n) is 1.70. The second-order valence-corrected chi connectivity index (χ2v) is 5.11. The summed E-state index contributed by atoms with van der Waals surface area (Å²) in [5, 5.41) is 14.4. The van der Waals surface area contributed by atoms with Crippen molar-refractivity contribution in [2.45, 2.75) is 26.3 Å². The van der Waals surface area contributed by atoms with E-state index in [1.54, 1.807) is 5.38 Å². The lowest BCUT2D eigenvalue weighted by Crippen LogP contribution is -2.29. The molecule has 0 aliphatic rings. The van der Waals surface area contributed by atoms with E-state index in [0.29, 0.717) is 5.69 Å². The van der Waals surface area contributed by atoms with Crippen molar-refractivity contribution >= 4 is 22.4 Å². The Morgan fingerprint density at radius 3 is 2.89 bits per heavy atom. The van der Waals surface area contributed by atoms with Gasteiger partial charge in [-0.3, -0.25) is 4.79 Å². The van der Waals surface area contributed by atoms with Gasteiger partial charge in [0.1, 0.15) is 6.04 Å². The van der Waals surface area contributed by atoms with Gasteiger partial charge < -0.3 is 21.1 Å². The molecule has 1 heterocycles. The Morgan fingerprint density at radius 1 is 1.58 bits per heavy atom. The smallest absolute Gasteiger partial charge is 0.326 e. The summed E-state index contributed by atoms with van der Waals surface area (Å²) in [7, 11) is 0. The topological polar surface area (TPSA) is 91.5 Å². The average molecular weight is 286 g/mol. The van der Waals surface area contributed by atoms with Crippen LogP contribution >= 0.6 is 11.3 Å². The summed E-state index contributed by atoms with van der Waals surface area (Å²) in [6.07, 6.45) is 1.14. The molecular formula is C12H22N4O2S. The summed E-state index contributed by atoms with van der Waals surface area (Å²) in [5.41, 5.74) is 5.90. The summed E-state index contributed by atoms with van der Waals surface area (Å²) in [4.78, 5) is 17.3. The highest BCUT2D eigenvalue weighted by Gasteiger charge is 2.17. The summed E-state index contributed by atoms with van der Waals surface area (Å²) < 4.78 is 0. The molecule has 0 aromatic carbocycles. The van der Waals surface area contributed by atoms with Crippen molar-refractivity contribution in [1.82, 2.24) is 9.88 Å². The molecule has 6 nitrogen and oxygen atoms in total. The summed E-state index contributed by atoms with van der Waals surface area (Å²) in [6, 6.07) is -1.04. The van der Waals surface area contributed by atoms with Crippen LogP contribution < -0.4 is 11.1 Å². The number of hydrogen-bond acceptors (Lipinski definition) is 6. The third kappa shape index (κ3) is 5.14. The van der Waals surface area contributed by atoms with Crippen LogP contribution in [0, 0.1) is 0 Å². The van der Waals surface area contributed by atoms with Crippen molar-refractivity contribution in [2.75, 3.05) is 31.5 Å². The first-order valence-corrected chi connectivity index (χ1v) is 7.36. The van der Waals surface area contributed by atoms with Gasteiger partial charge >= 0.3 is 5.97 Å². The first-order chi connectivity index (χ1) is 9.08. The number of carboxylic acid groups (broad SMARTS) is 1. The van der Waals surface area contributed by atoms with E-state index < -0.39 is 12.0 Å². The van der Waals surface area contributed by atoms with E-state index >= 15 is 0 Å². The number of nitrogens with one attached hydrogen (secondary N) is 1. The number of aromatic nitrogens is 1. The first kappa shape index (κ1) is 15.9. The van der Waals surface area contributed by atoms with E-state index in [2.05, 4.69) is 29.0 Å². The van der Waals surface area contributed by atoms with E-state index in [4.69, 9.17) is 10.8 Å². The summed E-state index contributed by atoms with van der Waals surface area (Å²) in [5.74, 6) is -1.06. The first-order valence-electron chi connectivity index (χ1n) is 6.48. The fraction of sp³-hybridized carbons (Fsp3) is 0.667. The van der Waals surface area contributed by atoms with Crippen LogP contribution in [0.3, 0.4) is 0 Å². The highest BCUT2D eigenvalue weighted by Crippen LogP contribution is 2.19. The fourth-order valence-corrected chi connectivity index (χ4v) is 2.48. The number of rotatable bonds is 9. The van der Waals surface area contributed by atoms with Crippen LogP contribution in [-0.2, 0) is 4.79 Å². The second-order valence-electron chi connectivity index (χ2n) is 4.25. The van der Waals surface area contributed by atoms with Crippen molar-refractivity contribution in [2.24, 2.45) is 5.73 Å². The Bertz CT molecular complexity index is 397. The predicted molar refractivity (Wildman–Crippen MR) is 77.6 cm³/mol. The molecule has 0 saturated heterocycles. The van der Waals surface area contributed by atoms with Gasteiger partial charge in [-0.05, 0) is 19.5 Å². The zero-order valence-electron chi connectivity index (χ0n) is 11.4. The zero-order valence-corrected chi connectivity index (χ0v) is 12.2. The Morgan fingerprint density at radius 2 is 2.32 bits per heavy atom. The van der Waals surface area contributed by atoms with Crippen LogP contribution in [0.25, 0.3) is 0 Å². The van der Waals surface area contributed by atoms with Gasteiger partial charge in [0.25, 0.3) is 0 Å². The molecule has 0 fully saturated rings. The molecule has 1 aromatic heterocycles. The van der Waals surface area contributed by atoms with E-state index in [9.17, 15) is 4.79 Å². The molecule has 1 rings (SSSR count). The van der Waals surface area contributed by atoms with Gasteiger partial charge in [0.05, 0.1) is 5.69 Å². The van der Waals surface area contributed by atoms with E-state index in [-0.39, 0.29) is 0 Å². The van der Waals surface area contributed by atoms with Crippen LogP contribution in [0.15, 0.2) is 5.38 Å². The minimum absolute atomic E-state index is 0.404. The minimum Gasteiger partial charge on any atom is -0.480 e. The summed E-state index contributed by atoms with van der Waals surface area (Å²) >= 11 is 1.38. The van der Waals surface area contributed by atoms with E-state index in [0.717, 1.165) is 37.7 Å². The maximum absolute atomic E-state index is 10.7. The molecule has 0 aliphatic carbocycles. The second kappa shape index (κ2) is 8.08. The number of hydrogen-bond donors (Lipinski definition) is 3. The Kier molecular flexibility index (Phi) is 6.75. The SMILES string of the molecule is CCCN(CC)CCNc1nc(C(N)C(=O)O)cs1. The molecular weight excluding hydrogens is 264 g/mol. The number of aliphatic carboxylic acids is 1. The molecule has 0 spiro atoms. The largest absolute Gasteiger partial charge is 0.480 e. The molecule has 19 heavy (non-hydrogen) atoms. The Balaban J connectivity index is 2.40. The van der Waals surface area contributed by atoms with Crippen LogP contribution in [0.1, 0.15) is 32.0 Å². The number of anilines is 1. The molecule has 0 saturated carbocycles. The normalized spacial score (nSPS) is 12.6. The van der Waals surface area contributed by atoms with E-state index in [1.807, 2.05) is 0 Å². The van der Waals surface area contributed by atoms with Crippen molar-refractivity contribution in [3.8, 4) is 0 Å². The van der Waals surface area contributed by atoms with Gasteiger partial charge in [-0.15, -0.1) is 11.3 Å².